The molecule has 1 aromatic rings. The Labute approximate surface area is 83.2 Å². The summed E-state index contributed by atoms with van der Waals surface area (Å²) < 4.78 is 24.8. The quantitative estimate of drug-likeness (QED) is 0.701. The molecule has 5 nitrogen and oxygen atoms in total. The van der Waals surface area contributed by atoms with E-state index in [1.165, 1.54) is 0 Å². The smallest absolute Gasteiger partial charge is 0.307 e. The standard InChI is InChI=1S/C8H8F2N2O3/c9-7(10)6-3(2-5(14)15)1-4(13)8(11)12-6/h1,7,13H,2H2,(H2,11,12)(H,14,15). The fourth-order valence-electron chi connectivity index (χ4n) is 1.07. The van der Waals surface area contributed by atoms with Crippen molar-refractivity contribution < 1.29 is 23.8 Å². The highest BCUT2D eigenvalue weighted by Gasteiger charge is 2.19. The van der Waals surface area contributed by atoms with Crippen LogP contribution < -0.4 is 5.73 Å². The number of carboxylic acids is 1. The van der Waals surface area contributed by atoms with Gasteiger partial charge < -0.3 is 15.9 Å². The lowest BCUT2D eigenvalue weighted by atomic mass is 10.1. The van der Waals surface area contributed by atoms with Crippen LogP contribution in [0.4, 0.5) is 14.6 Å². The summed E-state index contributed by atoms with van der Waals surface area (Å²) in [5.74, 6) is -2.24. The molecule has 0 atom stereocenters. The number of halogens is 2. The van der Waals surface area contributed by atoms with Crippen molar-refractivity contribution in [3.05, 3.63) is 17.3 Å². The molecule has 0 saturated carbocycles. The molecule has 0 fully saturated rings. The van der Waals surface area contributed by atoms with Crippen LogP contribution in [0.25, 0.3) is 0 Å². The van der Waals surface area contributed by atoms with E-state index in [4.69, 9.17) is 15.9 Å². The van der Waals surface area contributed by atoms with E-state index in [1.54, 1.807) is 0 Å². The number of nitrogen functional groups attached to an aromatic ring is 1. The summed E-state index contributed by atoms with van der Waals surface area (Å²) in [6.07, 6.45) is -3.57. The zero-order valence-electron chi connectivity index (χ0n) is 7.44. The van der Waals surface area contributed by atoms with Gasteiger partial charge in [0.25, 0.3) is 6.43 Å². The normalized spacial score (nSPS) is 10.6. The molecule has 0 radical (unpaired) electrons. The first kappa shape index (κ1) is 11.2. The number of carbonyl (C=O) groups is 1. The van der Waals surface area contributed by atoms with Crippen LogP contribution in [0.15, 0.2) is 6.07 Å². The average Bonchev–Trinajstić information content (AvgIpc) is 2.09. The van der Waals surface area contributed by atoms with Gasteiger partial charge in [0.05, 0.1) is 6.42 Å². The molecule has 0 aliphatic heterocycles. The molecule has 4 N–H and O–H groups in total. The number of nitrogens with zero attached hydrogens (tertiary/aromatic N) is 1. The lowest BCUT2D eigenvalue weighted by molar-refractivity contribution is -0.136. The van der Waals surface area contributed by atoms with E-state index < -0.39 is 36.1 Å². The monoisotopic (exact) mass is 218 g/mol. The minimum atomic E-state index is -2.93. The molecule has 7 heteroatoms. The van der Waals surface area contributed by atoms with E-state index in [0.29, 0.717) is 0 Å². The van der Waals surface area contributed by atoms with Crippen LogP contribution in [-0.4, -0.2) is 21.2 Å². The van der Waals surface area contributed by atoms with Crippen molar-refractivity contribution in [2.75, 3.05) is 5.73 Å². The van der Waals surface area contributed by atoms with Gasteiger partial charge in [-0.2, -0.15) is 0 Å². The Bertz CT molecular complexity index is 396. The Morgan fingerprint density at radius 2 is 2.20 bits per heavy atom. The van der Waals surface area contributed by atoms with E-state index in [1.807, 2.05) is 0 Å². The molecule has 0 bridgehead atoms. The number of pyridine rings is 1. The van der Waals surface area contributed by atoms with E-state index in [-0.39, 0.29) is 5.56 Å². The largest absolute Gasteiger partial charge is 0.504 e. The minimum Gasteiger partial charge on any atom is -0.504 e. The maximum atomic E-state index is 12.4. The molecule has 1 heterocycles. The van der Waals surface area contributed by atoms with Gasteiger partial charge in [-0.1, -0.05) is 0 Å². The van der Waals surface area contributed by atoms with Gasteiger partial charge in [-0.3, -0.25) is 4.79 Å². The van der Waals surface area contributed by atoms with Gasteiger partial charge in [0.2, 0.25) is 0 Å². The van der Waals surface area contributed by atoms with E-state index in [2.05, 4.69) is 4.98 Å². The van der Waals surface area contributed by atoms with Crippen LogP contribution in [0.3, 0.4) is 0 Å². The molecule has 1 rings (SSSR count). The molecule has 0 amide bonds. The first-order valence-corrected chi connectivity index (χ1v) is 3.90. The van der Waals surface area contributed by atoms with Gasteiger partial charge in [0.15, 0.2) is 11.6 Å². The number of aromatic hydroxyl groups is 1. The van der Waals surface area contributed by atoms with Crippen LogP contribution in [0.1, 0.15) is 17.7 Å². The third-order valence-electron chi connectivity index (χ3n) is 1.69. The highest BCUT2D eigenvalue weighted by molar-refractivity contribution is 5.71. The summed E-state index contributed by atoms with van der Waals surface area (Å²) in [6.45, 7) is 0. The summed E-state index contributed by atoms with van der Waals surface area (Å²) >= 11 is 0. The summed E-state index contributed by atoms with van der Waals surface area (Å²) in [7, 11) is 0. The van der Waals surface area contributed by atoms with Crippen LogP contribution in [0.5, 0.6) is 5.75 Å². The fourth-order valence-corrected chi connectivity index (χ4v) is 1.07. The van der Waals surface area contributed by atoms with Gasteiger partial charge in [-0.25, -0.2) is 13.8 Å². The summed E-state index contributed by atoms with van der Waals surface area (Å²) in [5.41, 5.74) is 4.16. The molecule has 0 saturated heterocycles. The summed E-state index contributed by atoms with van der Waals surface area (Å²) in [6, 6.07) is 0.887. The molecular formula is C8H8F2N2O3. The Balaban J connectivity index is 3.21. The number of aromatic nitrogens is 1. The van der Waals surface area contributed by atoms with E-state index in [0.717, 1.165) is 6.07 Å². The predicted molar refractivity (Wildman–Crippen MR) is 46.6 cm³/mol. The molecule has 0 unspecified atom stereocenters. The van der Waals surface area contributed by atoms with Gasteiger partial charge in [-0.15, -0.1) is 0 Å². The number of alkyl halides is 2. The SMILES string of the molecule is Nc1nc(C(F)F)c(CC(=O)O)cc1O. The second kappa shape index (κ2) is 4.07. The highest BCUT2D eigenvalue weighted by atomic mass is 19.3. The van der Waals surface area contributed by atoms with Crippen molar-refractivity contribution in [3.8, 4) is 5.75 Å². The third kappa shape index (κ3) is 2.52. The van der Waals surface area contributed by atoms with Crippen molar-refractivity contribution >= 4 is 11.8 Å². The van der Waals surface area contributed by atoms with Gasteiger partial charge in [0, 0.05) is 0 Å². The maximum absolute atomic E-state index is 12.4. The molecular weight excluding hydrogens is 210 g/mol. The summed E-state index contributed by atoms with van der Waals surface area (Å²) in [4.78, 5) is 13.6. The van der Waals surface area contributed by atoms with Gasteiger partial charge in [-0.05, 0) is 11.6 Å². The van der Waals surface area contributed by atoms with E-state index >= 15 is 0 Å². The molecule has 15 heavy (non-hydrogen) atoms. The molecule has 0 aliphatic carbocycles. The van der Waals surface area contributed by atoms with Crippen LogP contribution in [0, 0.1) is 0 Å². The van der Waals surface area contributed by atoms with Crippen molar-refractivity contribution in [1.29, 1.82) is 0 Å². The zero-order valence-corrected chi connectivity index (χ0v) is 7.44. The number of hydrogen-bond acceptors (Lipinski definition) is 4. The van der Waals surface area contributed by atoms with E-state index in [9.17, 15) is 13.6 Å². The first-order chi connectivity index (χ1) is 6.91. The number of aliphatic carboxylic acids is 1. The Morgan fingerprint density at radius 3 is 2.67 bits per heavy atom. The topological polar surface area (TPSA) is 96.4 Å². The number of rotatable bonds is 3. The Morgan fingerprint density at radius 1 is 1.60 bits per heavy atom. The number of anilines is 1. The lowest BCUT2D eigenvalue weighted by Gasteiger charge is -2.08. The molecule has 82 valence electrons. The van der Waals surface area contributed by atoms with Crippen LogP contribution in [0.2, 0.25) is 0 Å². The number of hydrogen-bond donors (Lipinski definition) is 3. The fraction of sp³-hybridized carbons (Fsp3) is 0.250. The molecule has 0 spiro atoms. The van der Waals surface area contributed by atoms with Crippen molar-refractivity contribution in [2.45, 2.75) is 12.8 Å². The second-order valence-corrected chi connectivity index (χ2v) is 2.81. The average molecular weight is 218 g/mol. The van der Waals surface area contributed by atoms with Crippen molar-refractivity contribution in [2.24, 2.45) is 0 Å². The van der Waals surface area contributed by atoms with Crippen LogP contribution >= 0.6 is 0 Å². The number of carboxylic acid groups (broad SMARTS) is 1. The van der Waals surface area contributed by atoms with Crippen molar-refractivity contribution in [3.63, 3.8) is 0 Å². The molecule has 1 aromatic heterocycles. The lowest BCUT2D eigenvalue weighted by Crippen LogP contribution is -2.07. The van der Waals surface area contributed by atoms with Crippen molar-refractivity contribution in [1.82, 2.24) is 4.98 Å². The highest BCUT2D eigenvalue weighted by Crippen LogP contribution is 2.27. The first-order valence-electron chi connectivity index (χ1n) is 3.90. The zero-order chi connectivity index (χ0) is 11.6. The van der Waals surface area contributed by atoms with Gasteiger partial charge in [0.1, 0.15) is 5.69 Å². The second-order valence-electron chi connectivity index (χ2n) is 2.81. The third-order valence-corrected chi connectivity index (χ3v) is 1.69. The Kier molecular flexibility index (Phi) is 3.03. The maximum Gasteiger partial charge on any atom is 0.307 e. The molecule has 0 aromatic carbocycles. The minimum absolute atomic E-state index is 0.246. The van der Waals surface area contributed by atoms with Crippen LogP contribution in [-0.2, 0) is 11.2 Å². The predicted octanol–water partition coefficient (Wildman–Crippen LogP) is 0.934. The van der Waals surface area contributed by atoms with Gasteiger partial charge >= 0.3 is 5.97 Å². The number of nitrogens with two attached hydrogens (primary N) is 1. The molecule has 0 aliphatic rings. The summed E-state index contributed by atoms with van der Waals surface area (Å²) in [5, 5.41) is 17.5. The Hall–Kier alpha value is -1.92.